The molecule has 0 saturated heterocycles. The summed E-state index contributed by atoms with van der Waals surface area (Å²) in [7, 11) is 0. The van der Waals surface area contributed by atoms with Crippen LogP contribution >= 0.6 is 12.2 Å². The first kappa shape index (κ1) is 13.9. The van der Waals surface area contributed by atoms with Gasteiger partial charge in [-0.1, -0.05) is 25.6 Å². The first-order valence-electron chi connectivity index (χ1n) is 5.73. The highest BCUT2D eigenvalue weighted by atomic mass is 32.1. The van der Waals surface area contributed by atoms with E-state index in [0.717, 1.165) is 18.5 Å². The van der Waals surface area contributed by atoms with Crippen LogP contribution in [0.15, 0.2) is 18.2 Å². The maximum atomic E-state index is 13.7. The number of hydrogen-bond acceptors (Lipinski definition) is 2. The normalized spacial score (nSPS) is 11.3. The van der Waals surface area contributed by atoms with Gasteiger partial charge in [-0.05, 0) is 38.5 Å². The van der Waals surface area contributed by atoms with E-state index in [2.05, 4.69) is 26.1 Å². The molecule has 0 aliphatic rings. The molecule has 4 heteroatoms. The van der Waals surface area contributed by atoms with Gasteiger partial charge in [0.2, 0.25) is 0 Å². The fourth-order valence-electron chi connectivity index (χ4n) is 1.87. The monoisotopic (exact) mass is 254 g/mol. The van der Waals surface area contributed by atoms with Gasteiger partial charge < -0.3 is 11.1 Å². The standard InChI is InChI=1S/C13H19FN2S/c1-4-7-13(2,3)16-9-5-6-10(12(15)17)11(14)8-9/h5-6,8,16H,4,7H2,1-3H3,(H2,15,17). The summed E-state index contributed by atoms with van der Waals surface area (Å²) in [5.74, 6) is -0.380. The second-order valence-electron chi connectivity index (χ2n) is 4.82. The van der Waals surface area contributed by atoms with Crippen LogP contribution in [0.1, 0.15) is 39.2 Å². The molecule has 17 heavy (non-hydrogen) atoms. The van der Waals surface area contributed by atoms with Crippen molar-refractivity contribution in [3.8, 4) is 0 Å². The second kappa shape index (κ2) is 5.45. The van der Waals surface area contributed by atoms with Crippen LogP contribution in [0.4, 0.5) is 10.1 Å². The molecule has 3 N–H and O–H groups in total. The molecule has 0 fully saturated rings. The third-order valence-corrected chi connectivity index (χ3v) is 2.81. The van der Waals surface area contributed by atoms with Crippen molar-refractivity contribution in [1.29, 1.82) is 0 Å². The van der Waals surface area contributed by atoms with Gasteiger partial charge in [0.1, 0.15) is 10.8 Å². The highest BCUT2D eigenvalue weighted by molar-refractivity contribution is 7.80. The van der Waals surface area contributed by atoms with Crippen molar-refractivity contribution in [1.82, 2.24) is 0 Å². The number of hydrogen-bond donors (Lipinski definition) is 2. The molecular weight excluding hydrogens is 235 g/mol. The predicted octanol–water partition coefficient (Wildman–Crippen LogP) is 3.45. The summed E-state index contributed by atoms with van der Waals surface area (Å²) in [5, 5.41) is 3.30. The van der Waals surface area contributed by atoms with Crippen molar-refractivity contribution >= 4 is 22.9 Å². The van der Waals surface area contributed by atoms with Gasteiger partial charge >= 0.3 is 0 Å². The Bertz CT molecular complexity index is 416. The lowest BCUT2D eigenvalue weighted by atomic mass is 9.98. The number of nitrogens with two attached hydrogens (primary N) is 1. The Morgan fingerprint density at radius 3 is 2.59 bits per heavy atom. The minimum absolute atomic E-state index is 0.0497. The summed E-state index contributed by atoms with van der Waals surface area (Å²) >= 11 is 4.76. The Morgan fingerprint density at radius 1 is 1.47 bits per heavy atom. The summed E-state index contributed by atoms with van der Waals surface area (Å²) in [6.07, 6.45) is 2.10. The maximum Gasteiger partial charge on any atom is 0.135 e. The number of thiocarbonyl (C=S) groups is 1. The molecule has 1 rings (SSSR count). The molecule has 0 radical (unpaired) electrons. The lowest BCUT2D eigenvalue weighted by Gasteiger charge is -2.27. The largest absolute Gasteiger partial charge is 0.389 e. The Balaban J connectivity index is 2.88. The molecule has 0 heterocycles. The van der Waals surface area contributed by atoms with Crippen molar-refractivity contribution in [3.05, 3.63) is 29.6 Å². The van der Waals surface area contributed by atoms with Crippen LogP contribution in [0.25, 0.3) is 0 Å². The third kappa shape index (κ3) is 3.97. The average molecular weight is 254 g/mol. The lowest BCUT2D eigenvalue weighted by Crippen LogP contribution is -2.30. The Kier molecular flexibility index (Phi) is 4.46. The van der Waals surface area contributed by atoms with Crippen molar-refractivity contribution in [2.24, 2.45) is 5.73 Å². The lowest BCUT2D eigenvalue weighted by molar-refractivity contribution is 0.510. The maximum absolute atomic E-state index is 13.7. The molecule has 0 aromatic heterocycles. The molecule has 0 atom stereocenters. The Labute approximate surface area is 107 Å². The van der Waals surface area contributed by atoms with E-state index in [1.807, 2.05) is 0 Å². The zero-order chi connectivity index (χ0) is 13.1. The number of anilines is 1. The van der Waals surface area contributed by atoms with Gasteiger partial charge in [0.05, 0.1) is 0 Å². The molecule has 2 nitrogen and oxygen atoms in total. The zero-order valence-electron chi connectivity index (χ0n) is 10.5. The van der Waals surface area contributed by atoms with E-state index < -0.39 is 0 Å². The van der Waals surface area contributed by atoms with Crippen molar-refractivity contribution in [3.63, 3.8) is 0 Å². The smallest absolute Gasteiger partial charge is 0.135 e. The fourth-order valence-corrected chi connectivity index (χ4v) is 2.04. The molecule has 0 spiro atoms. The number of benzene rings is 1. The molecule has 0 bridgehead atoms. The van der Waals surface area contributed by atoms with Crippen LogP contribution in [-0.4, -0.2) is 10.5 Å². The van der Waals surface area contributed by atoms with Crippen LogP contribution in [-0.2, 0) is 0 Å². The third-order valence-electron chi connectivity index (χ3n) is 2.59. The van der Waals surface area contributed by atoms with E-state index in [1.54, 1.807) is 12.1 Å². The zero-order valence-corrected chi connectivity index (χ0v) is 11.3. The van der Waals surface area contributed by atoms with E-state index in [0.29, 0.717) is 5.56 Å². The summed E-state index contributed by atoms with van der Waals surface area (Å²) < 4.78 is 13.7. The molecule has 0 amide bonds. The van der Waals surface area contributed by atoms with Gasteiger partial charge in [0.15, 0.2) is 0 Å². The van der Waals surface area contributed by atoms with Crippen LogP contribution in [0.5, 0.6) is 0 Å². The number of nitrogens with one attached hydrogen (secondary N) is 1. The van der Waals surface area contributed by atoms with Crippen molar-refractivity contribution in [2.75, 3.05) is 5.32 Å². The summed E-state index contributed by atoms with van der Waals surface area (Å²) in [6.45, 7) is 6.31. The van der Waals surface area contributed by atoms with E-state index in [1.165, 1.54) is 6.07 Å². The quantitative estimate of drug-likeness (QED) is 0.790. The summed E-state index contributed by atoms with van der Waals surface area (Å²) in [4.78, 5) is 0.0851. The number of rotatable bonds is 5. The highest BCUT2D eigenvalue weighted by Gasteiger charge is 2.16. The van der Waals surface area contributed by atoms with Crippen LogP contribution < -0.4 is 11.1 Å². The molecule has 0 aliphatic carbocycles. The first-order chi connectivity index (χ1) is 7.85. The Hall–Kier alpha value is -1.16. The first-order valence-corrected chi connectivity index (χ1v) is 6.14. The van der Waals surface area contributed by atoms with Gasteiger partial charge in [-0.15, -0.1) is 0 Å². The van der Waals surface area contributed by atoms with Gasteiger partial charge in [-0.2, -0.15) is 0 Å². The van der Waals surface area contributed by atoms with E-state index in [4.69, 9.17) is 18.0 Å². The molecule has 0 unspecified atom stereocenters. The summed E-state index contributed by atoms with van der Waals surface area (Å²) in [6, 6.07) is 4.85. The van der Waals surface area contributed by atoms with E-state index >= 15 is 0 Å². The van der Waals surface area contributed by atoms with Crippen LogP contribution in [0.2, 0.25) is 0 Å². The van der Waals surface area contributed by atoms with Gasteiger partial charge in [0, 0.05) is 16.8 Å². The number of halogens is 1. The molecule has 0 aliphatic heterocycles. The van der Waals surface area contributed by atoms with Gasteiger partial charge in [-0.25, -0.2) is 4.39 Å². The van der Waals surface area contributed by atoms with E-state index in [-0.39, 0.29) is 16.3 Å². The van der Waals surface area contributed by atoms with Crippen LogP contribution in [0, 0.1) is 5.82 Å². The minimum atomic E-state index is -0.380. The molecule has 0 saturated carbocycles. The average Bonchev–Trinajstić information content (AvgIpc) is 2.15. The van der Waals surface area contributed by atoms with Crippen molar-refractivity contribution < 1.29 is 4.39 Å². The molecule has 94 valence electrons. The summed E-state index contributed by atoms with van der Waals surface area (Å²) in [5.41, 5.74) is 6.40. The van der Waals surface area contributed by atoms with Gasteiger partial charge in [-0.3, -0.25) is 0 Å². The highest BCUT2D eigenvalue weighted by Crippen LogP contribution is 2.21. The van der Waals surface area contributed by atoms with Crippen molar-refractivity contribution in [2.45, 2.75) is 39.2 Å². The minimum Gasteiger partial charge on any atom is -0.389 e. The fraction of sp³-hybridized carbons (Fsp3) is 0.462. The second-order valence-corrected chi connectivity index (χ2v) is 5.26. The predicted molar refractivity (Wildman–Crippen MR) is 74.9 cm³/mol. The van der Waals surface area contributed by atoms with E-state index in [9.17, 15) is 4.39 Å². The Morgan fingerprint density at radius 2 is 2.12 bits per heavy atom. The van der Waals surface area contributed by atoms with Crippen LogP contribution in [0.3, 0.4) is 0 Å². The molecular formula is C13H19FN2S. The topological polar surface area (TPSA) is 38.0 Å². The molecule has 1 aromatic rings. The SMILES string of the molecule is CCCC(C)(C)Nc1ccc(C(N)=S)c(F)c1. The molecule has 1 aromatic carbocycles. The van der Waals surface area contributed by atoms with Gasteiger partial charge in [0.25, 0.3) is 0 Å².